The second-order valence-corrected chi connectivity index (χ2v) is 6.04. The molecule has 0 bridgehead atoms. The molecule has 1 fully saturated rings. The molecule has 2 nitrogen and oxygen atoms in total. The quantitative estimate of drug-likeness (QED) is 0.803. The number of benzene rings is 1. The van der Waals surface area contributed by atoms with Crippen LogP contribution in [0.3, 0.4) is 0 Å². The van der Waals surface area contributed by atoms with Gasteiger partial charge in [-0.2, -0.15) is 0 Å². The van der Waals surface area contributed by atoms with Crippen LogP contribution >= 0.6 is 15.9 Å². The van der Waals surface area contributed by atoms with Crippen molar-refractivity contribution in [1.82, 2.24) is 10.2 Å². The van der Waals surface area contributed by atoms with E-state index in [2.05, 4.69) is 26.1 Å². The number of hydrogen-bond acceptors (Lipinski definition) is 2. The molecule has 0 radical (unpaired) electrons. The van der Waals surface area contributed by atoms with Crippen molar-refractivity contribution >= 4 is 15.9 Å². The minimum Gasteiger partial charge on any atom is -0.313 e. The molecule has 1 aliphatic rings. The lowest BCUT2D eigenvalue weighted by Crippen LogP contribution is -2.32. The van der Waals surface area contributed by atoms with Crippen LogP contribution in [-0.2, 0) is 6.54 Å². The summed E-state index contributed by atoms with van der Waals surface area (Å²) in [7, 11) is 0. The number of nitrogens with one attached hydrogen (secondary N) is 1. The molecule has 1 saturated heterocycles. The summed E-state index contributed by atoms with van der Waals surface area (Å²) in [5.74, 6) is -0.200. The molecule has 0 amide bonds. The molecule has 0 aromatic heterocycles. The molecule has 1 N–H and O–H groups in total. The van der Waals surface area contributed by atoms with Gasteiger partial charge in [0.05, 0.1) is 4.47 Å². The summed E-state index contributed by atoms with van der Waals surface area (Å²) in [5, 5.41) is 3.42. The van der Waals surface area contributed by atoms with Crippen LogP contribution in [0.15, 0.2) is 22.7 Å². The lowest BCUT2D eigenvalue weighted by Gasteiger charge is -2.26. The molecule has 0 spiro atoms. The maximum Gasteiger partial charge on any atom is 0.137 e. The van der Waals surface area contributed by atoms with E-state index < -0.39 is 0 Å². The minimum absolute atomic E-state index is 0.200. The first-order chi connectivity index (χ1) is 9.25. The van der Waals surface area contributed by atoms with Gasteiger partial charge in [-0.25, -0.2) is 4.39 Å². The van der Waals surface area contributed by atoms with E-state index in [0.717, 1.165) is 18.7 Å². The van der Waals surface area contributed by atoms with Gasteiger partial charge in [-0.3, -0.25) is 0 Å². The van der Waals surface area contributed by atoms with Crippen LogP contribution in [0.5, 0.6) is 0 Å². The molecular formula is C15H22BrFN2. The molecule has 1 aromatic rings. The van der Waals surface area contributed by atoms with E-state index in [9.17, 15) is 4.39 Å². The van der Waals surface area contributed by atoms with Crippen LogP contribution in [0.25, 0.3) is 0 Å². The minimum atomic E-state index is -0.200. The van der Waals surface area contributed by atoms with Gasteiger partial charge in [0.1, 0.15) is 5.82 Å². The zero-order valence-electron chi connectivity index (χ0n) is 11.3. The molecule has 1 heterocycles. The lowest BCUT2D eigenvalue weighted by molar-refractivity contribution is 0.225. The summed E-state index contributed by atoms with van der Waals surface area (Å²) >= 11 is 3.21. The Morgan fingerprint density at radius 2 is 2.00 bits per heavy atom. The Labute approximate surface area is 123 Å². The first-order valence-electron chi connectivity index (χ1n) is 7.13. The van der Waals surface area contributed by atoms with Crippen LogP contribution in [0.4, 0.5) is 4.39 Å². The van der Waals surface area contributed by atoms with Crippen molar-refractivity contribution in [3.8, 4) is 0 Å². The van der Waals surface area contributed by atoms with Crippen molar-refractivity contribution in [1.29, 1.82) is 0 Å². The zero-order valence-corrected chi connectivity index (χ0v) is 12.9. The Morgan fingerprint density at radius 3 is 2.74 bits per heavy atom. The van der Waals surface area contributed by atoms with E-state index in [4.69, 9.17) is 0 Å². The van der Waals surface area contributed by atoms with Gasteiger partial charge in [0.15, 0.2) is 0 Å². The average Bonchev–Trinajstić information content (AvgIpc) is 2.43. The first-order valence-corrected chi connectivity index (χ1v) is 7.92. The van der Waals surface area contributed by atoms with Gasteiger partial charge in [-0.15, -0.1) is 0 Å². The predicted octanol–water partition coefficient (Wildman–Crippen LogP) is 3.55. The topological polar surface area (TPSA) is 15.3 Å². The Kier molecular flexibility index (Phi) is 6.28. The number of likely N-dealkylation sites (tertiary alicyclic amines) is 1. The Balaban J connectivity index is 1.59. The summed E-state index contributed by atoms with van der Waals surface area (Å²) in [6.07, 6.45) is 5.30. The molecule has 0 aliphatic carbocycles. The first kappa shape index (κ1) is 14.9. The number of hydrogen-bond donors (Lipinski definition) is 1. The molecule has 2 rings (SSSR count). The van der Waals surface area contributed by atoms with Gasteiger partial charge in [0.2, 0.25) is 0 Å². The third kappa shape index (κ3) is 5.21. The molecule has 19 heavy (non-hydrogen) atoms. The standard InChI is InChI=1S/C15H22BrFN2/c16-14-11-13(5-6-15(14)17)12-18-7-4-10-19-8-2-1-3-9-19/h5-6,11,18H,1-4,7-10,12H2. The Morgan fingerprint density at radius 1 is 1.21 bits per heavy atom. The van der Waals surface area contributed by atoms with Crippen molar-refractivity contribution in [2.45, 2.75) is 32.2 Å². The van der Waals surface area contributed by atoms with E-state index >= 15 is 0 Å². The van der Waals surface area contributed by atoms with E-state index in [-0.39, 0.29) is 5.82 Å². The molecule has 0 atom stereocenters. The molecule has 106 valence electrons. The number of piperidine rings is 1. The monoisotopic (exact) mass is 328 g/mol. The predicted molar refractivity (Wildman–Crippen MR) is 80.7 cm³/mol. The van der Waals surface area contributed by atoms with Gasteiger partial charge in [0, 0.05) is 6.54 Å². The molecule has 1 aliphatic heterocycles. The van der Waals surface area contributed by atoms with E-state index in [0.29, 0.717) is 4.47 Å². The van der Waals surface area contributed by atoms with Gasteiger partial charge >= 0.3 is 0 Å². The van der Waals surface area contributed by atoms with Crippen LogP contribution in [-0.4, -0.2) is 31.1 Å². The second kappa shape index (κ2) is 7.98. The number of nitrogens with zero attached hydrogens (tertiary/aromatic N) is 1. The smallest absolute Gasteiger partial charge is 0.137 e. The summed E-state index contributed by atoms with van der Waals surface area (Å²) < 4.78 is 13.6. The molecule has 1 aromatic carbocycles. The molecule has 0 saturated carbocycles. The summed E-state index contributed by atoms with van der Waals surface area (Å²) in [6, 6.07) is 5.18. The fourth-order valence-corrected chi connectivity index (χ4v) is 2.92. The van der Waals surface area contributed by atoms with Gasteiger partial charge in [0.25, 0.3) is 0 Å². The number of rotatable bonds is 6. The molecule has 0 unspecified atom stereocenters. The second-order valence-electron chi connectivity index (χ2n) is 5.18. The van der Waals surface area contributed by atoms with Crippen LogP contribution in [0.1, 0.15) is 31.2 Å². The summed E-state index contributed by atoms with van der Waals surface area (Å²) in [4.78, 5) is 2.56. The fraction of sp³-hybridized carbons (Fsp3) is 0.600. The number of halogens is 2. The van der Waals surface area contributed by atoms with Crippen molar-refractivity contribution in [2.75, 3.05) is 26.2 Å². The van der Waals surface area contributed by atoms with Crippen molar-refractivity contribution in [2.24, 2.45) is 0 Å². The SMILES string of the molecule is Fc1ccc(CNCCCN2CCCCC2)cc1Br. The highest BCUT2D eigenvalue weighted by atomic mass is 79.9. The van der Waals surface area contributed by atoms with Crippen LogP contribution in [0.2, 0.25) is 0 Å². The van der Waals surface area contributed by atoms with Gasteiger partial charge in [-0.1, -0.05) is 12.5 Å². The molecule has 4 heteroatoms. The highest BCUT2D eigenvalue weighted by Gasteiger charge is 2.08. The van der Waals surface area contributed by atoms with E-state index in [1.165, 1.54) is 51.4 Å². The maximum atomic E-state index is 13.1. The largest absolute Gasteiger partial charge is 0.313 e. The average molecular weight is 329 g/mol. The van der Waals surface area contributed by atoms with Crippen molar-refractivity contribution in [3.63, 3.8) is 0 Å². The Bertz CT molecular complexity index is 392. The lowest BCUT2D eigenvalue weighted by atomic mass is 10.1. The maximum absolute atomic E-state index is 13.1. The third-order valence-corrected chi connectivity index (χ3v) is 4.20. The van der Waals surface area contributed by atoms with E-state index in [1.54, 1.807) is 0 Å². The molecular weight excluding hydrogens is 307 g/mol. The van der Waals surface area contributed by atoms with Crippen LogP contribution in [0, 0.1) is 5.82 Å². The third-order valence-electron chi connectivity index (χ3n) is 3.59. The van der Waals surface area contributed by atoms with E-state index in [1.807, 2.05) is 12.1 Å². The van der Waals surface area contributed by atoms with Crippen molar-refractivity contribution < 1.29 is 4.39 Å². The highest BCUT2D eigenvalue weighted by molar-refractivity contribution is 9.10. The van der Waals surface area contributed by atoms with Crippen molar-refractivity contribution in [3.05, 3.63) is 34.1 Å². The Hall–Kier alpha value is -0.450. The van der Waals surface area contributed by atoms with Gasteiger partial charge in [-0.05, 0) is 79.1 Å². The zero-order chi connectivity index (χ0) is 13.5. The fourth-order valence-electron chi connectivity index (χ4n) is 2.49. The van der Waals surface area contributed by atoms with Crippen LogP contribution < -0.4 is 5.32 Å². The van der Waals surface area contributed by atoms with Gasteiger partial charge < -0.3 is 10.2 Å². The summed E-state index contributed by atoms with van der Waals surface area (Å²) in [6.45, 7) is 5.56. The summed E-state index contributed by atoms with van der Waals surface area (Å²) in [5.41, 5.74) is 1.12. The normalized spacial score (nSPS) is 16.7. The highest BCUT2D eigenvalue weighted by Crippen LogP contribution is 2.16.